The summed E-state index contributed by atoms with van der Waals surface area (Å²) < 4.78 is 59.3. The molecule has 0 saturated carbocycles. The largest absolute Gasteiger partial charge is 0.490 e. The molecule has 1 fully saturated rings. The van der Waals surface area contributed by atoms with Gasteiger partial charge >= 0.3 is 18.1 Å². The quantitative estimate of drug-likeness (QED) is 0.463. The number of benzene rings is 2. The molecule has 1 saturated heterocycles. The summed E-state index contributed by atoms with van der Waals surface area (Å²) in [5.74, 6) is -3.94. The molecule has 1 aliphatic heterocycles. The van der Waals surface area contributed by atoms with Crippen LogP contribution in [0.1, 0.15) is 10.4 Å². The number of carboxylic acids is 2. The number of nitrogens with one attached hydrogen (secondary N) is 1. The summed E-state index contributed by atoms with van der Waals surface area (Å²) in [6, 6.07) is 12.4. The predicted molar refractivity (Wildman–Crippen MR) is 132 cm³/mol. The minimum Gasteiger partial charge on any atom is -0.478 e. The van der Waals surface area contributed by atoms with Gasteiger partial charge in [0.2, 0.25) is 5.91 Å². The minimum absolute atomic E-state index is 0.00955. The fourth-order valence-corrected chi connectivity index (χ4v) is 4.40. The Morgan fingerprint density at radius 3 is 2.00 bits per heavy atom. The van der Waals surface area contributed by atoms with Gasteiger partial charge in [-0.2, -0.15) is 13.2 Å². The first kappa shape index (κ1) is 30.4. The van der Waals surface area contributed by atoms with Crippen molar-refractivity contribution in [2.24, 2.45) is 0 Å². The SMILES string of the molecule is CN(C)C(=O)CN1CCN(c2ccc(NS(=O)(=O)c3ccccc3)c(C(=O)O)c2)CC1.O=C(O)C(F)(F)F. The Balaban J connectivity index is 0.000000638. The molecule has 0 spiro atoms. The Morgan fingerprint density at radius 2 is 1.53 bits per heavy atom. The lowest BCUT2D eigenvalue weighted by atomic mass is 10.1. The van der Waals surface area contributed by atoms with E-state index < -0.39 is 28.1 Å². The summed E-state index contributed by atoms with van der Waals surface area (Å²) in [5, 5.41) is 16.8. The van der Waals surface area contributed by atoms with Crippen molar-refractivity contribution in [2.45, 2.75) is 11.1 Å². The fourth-order valence-electron chi connectivity index (χ4n) is 3.30. The van der Waals surface area contributed by atoms with Crippen molar-refractivity contribution >= 4 is 39.2 Å². The van der Waals surface area contributed by atoms with Crippen LogP contribution in [0.3, 0.4) is 0 Å². The second kappa shape index (κ2) is 12.6. The van der Waals surface area contributed by atoms with E-state index in [2.05, 4.69) is 9.62 Å². The maximum atomic E-state index is 12.6. The van der Waals surface area contributed by atoms with Crippen LogP contribution in [0, 0.1) is 0 Å². The molecule has 0 aromatic heterocycles. The van der Waals surface area contributed by atoms with E-state index >= 15 is 0 Å². The summed E-state index contributed by atoms with van der Waals surface area (Å²) in [4.78, 5) is 38.3. The average Bonchev–Trinajstić information content (AvgIpc) is 2.84. The van der Waals surface area contributed by atoms with Crippen molar-refractivity contribution in [2.75, 3.05) is 56.4 Å². The number of amides is 1. The Labute approximate surface area is 217 Å². The van der Waals surface area contributed by atoms with Gasteiger partial charge in [-0.25, -0.2) is 18.0 Å². The Bertz CT molecular complexity index is 1250. The number of rotatable bonds is 7. The number of nitrogens with zero attached hydrogens (tertiary/aromatic N) is 3. The van der Waals surface area contributed by atoms with Crippen molar-refractivity contribution in [3.8, 4) is 0 Å². The second-order valence-electron chi connectivity index (χ2n) is 8.31. The molecule has 3 rings (SSSR count). The van der Waals surface area contributed by atoms with E-state index in [-0.39, 0.29) is 22.1 Å². The maximum absolute atomic E-state index is 12.6. The summed E-state index contributed by atoms with van der Waals surface area (Å²) in [7, 11) is -0.459. The molecule has 0 radical (unpaired) electrons. The zero-order valence-electron chi connectivity index (χ0n) is 20.5. The Hall–Kier alpha value is -3.85. The molecule has 1 heterocycles. The van der Waals surface area contributed by atoms with E-state index in [1.54, 1.807) is 43.3 Å². The normalized spacial score (nSPS) is 14.2. The Kier molecular flexibility index (Phi) is 10.1. The third-order valence-corrected chi connectivity index (χ3v) is 6.75. The lowest BCUT2D eigenvalue weighted by molar-refractivity contribution is -0.192. The highest BCUT2D eigenvalue weighted by Gasteiger charge is 2.38. The van der Waals surface area contributed by atoms with Crippen LogP contribution in [0.2, 0.25) is 0 Å². The van der Waals surface area contributed by atoms with Crippen LogP contribution in [0.25, 0.3) is 0 Å². The van der Waals surface area contributed by atoms with Gasteiger partial charge in [0, 0.05) is 46.0 Å². The molecule has 0 aliphatic carbocycles. The molecule has 38 heavy (non-hydrogen) atoms. The van der Waals surface area contributed by atoms with Gasteiger partial charge in [0.15, 0.2) is 0 Å². The predicted octanol–water partition coefficient (Wildman–Crippen LogP) is 2.03. The highest BCUT2D eigenvalue weighted by molar-refractivity contribution is 7.92. The number of hydrogen-bond donors (Lipinski definition) is 3. The number of alkyl halides is 3. The standard InChI is InChI=1S/C21H26N4O5S.C2HF3O2/c1-23(2)20(26)15-24-10-12-25(13-11-24)16-8-9-19(18(14-16)21(27)28)22-31(29,30)17-6-4-3-5-7-17;3-2(4,5)1(6)7/h3-9,14,22H,10-13,15H2,1-2H3,(H,27,28);(H,6,7). The molecule has 11 nitrogen and oxygen atoms in total. The fraction of sp³-hybridized carbons (Fsp3) is 0.348. The van der Waals surface area contributed by atoms with E-state index in [1.807, 2.05) is 4.90 Å². The highest BCUT2D eigenvalue weighted by atomic mass is 32.2. The number of carbonyl (C=O) groups excluding carboxylic acids is 1. The molecule has 0 bridgehead atoms. The molecule has 2 aromatic carbocycles. The third kappa shape index (κ3) is 8.62. The van der Waals surface area contributed by atoms with Crippen LogP contribution < -0.4 is 9.62 Å². The maximum Gasteiger partial charge on any atom is 0.490 e. The highest BCUT2D eigenvalue weighted by Crippen LogP contribution is 2.26. The minimum atomic E-state index is -5.08. The molecule has 208 valence electrons. The first-order chi connectivity index (χ1) is 17.6. The number of aromatic carboxylic acids is 1. The number of carbonyl (C=O) groups is 3. The zero-order valence-corrected chi connectivity index (χ0v) is 21.3. The smallest absolute Gasteiger partial charge is 0.478 e. The van der Waals surface area contributed by atoms with Crippen molar-refractivity contribution in [1.82, 2.24) is 9.80 Å². The number of carboxylic acid groups (broad SMARTS) is 2. The number of anilines is 2. The first-order valence-corrected chi connectivity index (χ1v) is 12.5. The molecule has 3 N–H and O–H groups in total. The van der Waals surface area contributed by atoms with Crippen LogP contribution in [-0.4, -0.2) is 99.3 Å². The van der Waals surface area contributed by atoms with Crippen LogP contribution >= 0.6 is 0 Å². The molecule has 1 amide bonds. The van der Waals surface area contributed by atoms with Gasteiger partial charge in [0.05, 0.1) is 22.7 Å². The number of aliphatic carboxylic acids is 1. The van der Waals surface area contributed by atoms with Crippen LogP contribution in [0.5, 0.6) is 0 Å². The van der Waals surface area contributed by atoms with E-state index in [4.69, 9.17) is 9.90 Å². The van der Waals surface area contributed by atoms with Crippen molar-refractivity contribution < 1.29 is 46.2 Å². The van der Waals surface area contributed by atoms with Gasteiger partial charge < -0.3 is 20.0 Å². The molecule has 0 unspecified atom stereocenters. The summed E-state index contributed by atoms with van der Waals surface area (Å²) in [5.41, 5.74) is 0.580. The van der Waals surface area contributed by atoms with Gasteiger partial charge in [-0.3, -0.25) is 14.4 Å². The number of sulfonamides is 1. The number of hydrogen-bond acceptors (Lipinski definition) is 7. The molecular weight excluding hydrogens is 533 g/mol. The van der Waals surface area contributed by atoms with E-state index in [0.717, 1.165) is 0 Å². The van der Waals surface area contributed by atoms with Crippen molar-refractivity contribution in [3.05, 3.63) is 54.1 Å². The van der Waals surface area contributed by atoms with Gasteiger partial charge in [-0.1, -0.05) is 18.2 Å². The molecule has 0 atom stereocenters. The van der Waals surface area contributed by atoms with E-state index in [9.17, 15) is 36.3 Å². The summed E-state index contributed by atoms with van der Waals surface area (Å²) in [6.45, 7) is 2.96. The van der Waals surface area contributed by atoms with Crippen LogP contribution in [0.15, 0.2) is 53.4 Å². The number of likely N-dealkylation sites (N-methyl/N-ethyl adjacent to an activating group) is 1. The van der Waals surface area contributed by atoms with Gasteiger partial charge in [-0.05, 0) is 30.3 Å². The topological polar surface area (TPSA) is 148 Å². The summed E-state index contributed by atoms with van der Waals surface area (Å²) >= 11 is 0. The van der Waals surface area contributed by atoms with Crippen molar-refractivity contribution in [3.63, 3.8) is 0 Å². The second-order valence-corrected chi connectivity index (χ2v) is 9.99. The van der Waals surface area contributed by atoms with Gasteiger partial charge in [0.1, 0.15) is 0 Å². The first-order valence-electron chi connectivity index (χ1n) is 11.0. The van der Waals surface area contributed by atoms with Gasteiger partial charge in [-0.15, -0.1) is 0 Å². The average molecular weight is 561 g/mol. The third-order valence-electron chi connectivity index (χ3n) is 5.37. The zero-order chi connectivity index (χ0) is 28.7. The summed E-state index contributed by atoms with van der Waals surface area (Å²) in [6.07, 6.45) is -5.08. The number of piperazine rings is 1. The molecular formula is C23H27F3N4O7S. The van der Waals surface area contributed by atoms with Crippen LogP contribution in [-0.2, 0) is 19.6 Å². The van der Waals surface area contributed by atoms with Crippen molar-refractivity contribution in [1.29, 1.82) is 0 Å². The molecule has 1 aliphatic rings. The lowest BCUT2D eigenvalue weighted by Crippen LogP contribution is -2.49. The van der Waals surface area contributed by atoms with E-state index in [0.29, 0.717) is 38.4 Å². The molecule has 2 aromatic rings. The van der Waals surface area contributed by atoms with Crippen LogP contribution in [0.4, 0.5) is 24.5 Å². The lowest BCUT2D eigenvalue weighted by Gasteiger charge is -2.36. The Morgan fingerprint density at radius 1 is 0.974 bits per heavy atom. The van der Waals surface area contributed by atoms with Gasteiger partial charge in [0.25, 0.3) is 10.0 Å². The monoisotopic (exact) mass is 560 g/mol. The molecule has 15 heteroatoms. The van der Waals surface area contributed by atoms with E-state index in [1.165, 1.54) is 24.3 Å². The number of halogens is 3.